The second-order valence-electron chi connectivity index (χ2n) is 6.13. The molecule has 3 rings (SSSR count). The van der Waals surface area contributed by atoms with E-state index in [0.29, 0.717) is 17.1 Å². The van der Waals surface area contributed by atoms with Crippen LogP contribution in [-0.4, -0.2) is 33.4 Å². The molecule has 0 unspecified atom stereocenters. The largest absolute Gasteiger partial charge is 0.302 e. The van der Waals surface area contributed by atoms with Crippen molar-refractivity contribution < 1.29 is 0 Å². The molecule has 2 aromatic heterocycles. The lowest BCUT2D eigenvalue weighted by molar-refractivity contribution is 0.169. The monoisotopic (exact) mass is 291 g/mol. The Morgan fingerprint density at radius 1 is 1.25 bits per heavy atom. The maximum Gasteiger partial charge on any atom is 0.155 e. The molecule has 1 saturated heterocycles. The molecule has 0 N–H and O–H groups in total. The number of fused-ring (bicyclic) bond motifs is 1. The minimum absolute atomic E-state index is 0.520. The first-order valence-corrected chi connectivity index (χ1v) is 7.82. The molecule has 0 atom stereocenters. The highest BCUT2D eigenvalue weighted by Gasteiger charge is 2.25. The minimum Gasteiger partial charge on any atom is -0.302 e. The van der Waals surface area contributed by atoms with E-state index >= 15 is 0 Å². The van der Waals surface area contributed by atoms with Crippen LogP contribution in [0.25, 0.3) is 5.52 Å². The first-order chi connectivity index (χ1) is 9.56. The van der Waals surface area contributed by atoms with Gasteiger partial charge in [0.15, 0.2) is 5.15 Å². The highest BCUT2D eigenvalue weighted by molar-refractivity contribution is 6.32. The number of likely N-dealkylation sites (tertiary alicyclic amines) is 1. The number of piperidine rings is 1. The van der Waals surface area contributed by atoms with Crippen molar-refractivity contribution in [2.24, 2.45) is 0 Å². The molecule has 2 aromatic rings. The van der Waals surface area contributed by atoms with Gasteiger partial charge in [0.05, 0.1) is 5.52 Å². The zero-order valence-corrected chi connectivity index (χ0v) is 13.2. The highest BCUT2D eigenvalue weighted by atomic mass is 35.5. The summed E-state index contributed by atoms with van der Waals surface area (Å²) in [6, 6.07) is 4.80. The van der Waals surface area contributed by atoms with E-state index in [9.17, 15) is 0 Å². The first-order valence-electron chi connectivity index (χ1n) is 7.44. The smallest absolute Gasteiger partial charge is 0.155 e. The number of rotatable bonds is 2. The Hall–Kier alpha value is -1.06. The summed E-state index contributed by atoms with van der Waals surface area (Å²) < 4.78 is 2.19. The lowest BCUT2D eigenvalue weighted by Crippen LogP contribution is -2.38. The van der Waals surface area contributed by atoms with Crippen molar-refractivity contribution in [3.63, 3.8) is 0 Å². The van der Waals surface area contributed by atoms with Crippen molar-refractivity contribution >= 4 is 17.1 Å². The fourth-order valence-corrected chi connectivity index (χ4v) is 3.38. The van der Waals surface area contributed by atoms with Crippen molar-refractivity contribution in [3.8, 4) is 0 Å². The Balaban J connectivity index is 1.90. The molecule has 0 amide bonds. The number of aryl methyl sites for hydroxylation is 1. The third-order valence-corrected chi connectivity index (χ3v) is 4.67. The van der Waals surface area contributed by atoms with E-state index in [1.165, 1.54) is 18.4 Å². The van der Waals surface area contributed by atoms with E-state index in [1.807, 2.05) is 0 Å². The van der Waals surface area contributed by atoms with Crippen molar-refractivity contribution in [2.45, 2.75) is 45.6 Å². The molecule has 108 valence electrons. The van der Waals surface area contributed by atoms with Crippen LogP contribution in [0.15, 0.2) is 18.3 Å². The normalized spacial score (nSPS) is 18.2. The Morgan fingerprint density at radius 2 is 1.95 bits per heavy atom. The van der Waals surface area contributed by atoms with Gasteiger partial charge in [-0.1, -0.05) is 17.7 Å². The second-order valence-corrected chi connectivity index (χ2v) is 6.48. The highest BCUT2D eigenvalue weighted by Crippen LogP contribution is 2.31. The number of pyridine rings is 1. The zero-order chi connectivity index (χ0) is 14.3. The number of nitrogens with zero attached hydrogens (tertiary/aromatic N) is 3. The summed E-state index contributed by atoms with van der Waals surface area (Å²) in [4.78, 5) is 7.18. The van der Waals surface area contributed by atoms with Crippen LogP contribution >= 0.6 is 11.6 Å². The van der Waals surface area contributed by atoms with Crippen LogP contribution in [0.4, 0.5) is 0 Å². The predicted molar refractivity (Wildman–Crippen MR) is 83.6 cm³/mol. The molecule has 4 heteroatoms. The van der Waals surface area contributed by atoms with Crippen LogP contribution in [0.3, 0.4) is 0 Å². The average molecular weight is 292 g/mol. The molecule has 0 aliphatic carbocycles. The van der Waals surface area contributed by atoms with Crippen molar-refractivity contribution in [1.29, 1.82) is 0 Å². The molecule has 20 heavy (non-hydrogen) atoms. The quantitative estimate of drug-likeness (QED) is 0.837. The molecule has 3 heterocycles. The van der Waals surface area contributed by atoms with E-state index in [2.05, 4.69) is 53.4 Å². The Bertz CT molecular complexity index is 609. The molecule has 1 fully saturated rings. The SMILES string of the molecule is Cc1ccc2c(Cl)nc(C3CCN(C(C)C)CC3)n2c1. The summed E-state index contributed by atoms with van der Waals surface area (Å²) >= 11 is 6.29. The standard InChI is InChI=1S/C16H22ClN3/c1-11(2)19-8-6-13(7-9-19)16-18-15(17)14-5-4-12(3)10-20(14)16/h4-5,10-11,13H,6-9H2,1-3H3. The van der Waals surface area contributed by atoms with E-state index in [-0.39, 0.29) is 0 Å². The molecule has 0 radical (unpaired) electrons. The number of halogens is 1. The van der Waals surface area contributed by atoms with Crippen LogP contribution < -0.4 is 0 Å². The number of imidazole rings is 1. The van der Waals surface area contributed by atoms with Gasteiger partial charge in [0.1, 0.15) is 5.82 Å². The van der Waals surface area contributed by atoms with Gasteiger partial charge < -0.3 is 9.30 Å². The van der Waals surface area contributed by atoms with E-state index in [0.717, 1.165) is 24.4 Å². The average Bonchev–Trinajstić information content (AvgIpc) is 2.75. The first kappa shape index (κ1) is 13.9. The lowest BCUT2D eigenvalue weighted by Gasteiger charge is -2.34. The zero-order valence-electron chi connectivity index (χ0n) is 12.4. The summed E-state index contributed by atoms with van der Waals surface area (Å²) in [7, 11) is 0. The summed E-state index contributed by atoms with van der Waals surface area (Å²) in [5.41, 5.74) is 2.27. The molecule has 1 aliphatic heterocycles. The molecule has 0 spiro atoms. The van der Waals surface area contributed by atoms with Gasteiger partial charge in [0.25, 0.3) is 0 Å². The fraction of sp³-hybridized carbons (Fsp3) is 0.562. The minimum atomic E-state index is 0.520. The van der Waals surface area contributed by atoms with Crippen LogP contribution in [-0.2, 0) is 0 Å². The molecule has 0 saturated carbocycles. The van der Waals surface area contributed by atoms with Gasteiger partial charge in [0.2, 0.25) is 0 Å². The maximum atomic E-state index is 6.29. The summed E-state index contributed by atoms with van der Waals surface area (Å²) in [6.07, 6.45) is 4.49. The molecule has 0 bridgehead atoms. The number of hydrogen-bond acceptors (Lipinski definition) is 2. The van der Waals surface area contributed by atoms with Gasteiger partial charge in [0, 0.05) is 18.2 Å². The van der Waals surface area contributed by atoms with Gasteiger partial charge in [-0.15, -0.1) is 0 Å². The number of aromatic nitrogens is 2. The Labute approximate surface area is 125 Å². The van der Waals surface area contributed by atoms with E-state index < -0.39 is 0 Å². The van der Waals surface area contributed by atoms with Crippen molar-refractivity contribution in [1.82, 2.24) is 14.3 Å². The summed E-state index contributed by atoms with van der Waals surface area (Å²) in [5.74, 6) is 1.66. The van der Waals surface area contributed by atoms with Gasteiger partial charge >= 0.3 is 0 Å². The van der Waals surface area contributed by atoms with Crippen LogP contribution in [0.2, 0.25) is 5.15 Å². The summed E-state index contributed by atoms with van der Waals surface area (Å²) in [5, 5.41) is 0.631. The van der Waals surface area contributed by atoms with Crippen LogP contribution in [0, 0.1) is 6.92 Å². The third-order valence-electron chi connectivity index (χ3n) is 4.39. The molecule has 0 aromatic carbocycles. The molecule has 3 nitrogen and oxygen atoms in total. The van der Waals surface area contributed by atoms with Crippen molar-refractivity contribution in [2.75, 3.05) is 13.1 Å². The molecule has 1 aliphatic rings. The topological polar surface area (TPSA) is 20.5 Å². The van der Waals surface area contributed by atoms with Gasteiger partial charge in [-0.05, 0) is 58.3 Å². The Kier molecular flexibility index (Phi) is 3.74. The van der Waals surface area contributed by atoms with Crippen molar-refractivity contribution in [3.05, 3.63) is 34.9 Å². The molecular weight excluding hydrogens is 270 g/mol. The van der Waals surface area contributed by atoms with Gasteiger partial charge in [-0.25, -0.2) is 4.98 Å². The third kappa shape index (κ3) is 2.45. The summed E-state index contributed by atoms with van der Waals surface area (Å²) in [6.45, 7) is 8.96. The van der Waals surface area contributed by atoms with Gasteiger partial charge in [-0.3, -0.25) is 0 Å². The Morgan fingerprint density at radius 3 is 2.60 bits per heavy atom. The fourth-order valence-electron chi connectivity index (χ4n) is 3.14. The number of hydrogen-bond donors (Lipinski definition) is 0. The van der Waals surface area contributed by atoms with Crippen LogP contribution in [0.1, 0.15) is 44.0 Å². The van der Waals surface area contributed by atoms with E-state index in [4.69, 9.17) is 11.6 Å². The lowest BCUT2D eigenvalue weighted by atomic mass is 9.95. The van der Waals surface area contributed by atoms with E-state index in [1.54, 1.807) is 0 Å². The second kappa shape index (κ2) is 5.38. The maximum absolute atomic E-state index is 6.29. The van der Waals surface area contributed by atoms with Gasteiger partial charge in [-0.2, -0.15) is 0 Å². The van der Waals surface area contributed by atoms with Crippen LogP contribution in [0.5, 0.6) is 0 Å². The molecular formula is C16H22ClN3. The predicted octanol–water partition coefficient (Wildman–Crippen LogP) is 3.88.